The average Bonchev–Trinajstić information content (AvgIpc) is 2.87. The second-order valence-electron chi connectivity index (χ2n) is 4.31. The lowest BCUT2D eigenvalue weighted by Gasteiger charge is -2.02. The molecule has 7 heteroatoms. The van der Waals surface area contributed by atoms with Crippen molar-refractivity contribution in [1.29, 1.82) is 0 Å². The van der Waals surface area contributed by atoms with Gasteiger partial charge in [0.15, 0.2) is 0 Å². The lowest BCUT2D eigenvalue weighted by molar-refractivity contribution is 0.0658. The van der Waals surface area contributed by atoms with Gasteiger partial charge < -0.3 is 14.6 Å². The predicted molar refractivity (Wildman–Crippen MR) is 74.6 cm³/mol. The summed E-state index contributed by atoms with van der Waals surface area (Å²) in [4.78, 5) is 21.5. The molecule has 6 nitrogen and oxygen atoms in total. The van der Waals surface area contributed by atoms with Gasteiger partial charge in [0.25, 0.3) is 0 Å². The van der Waals surface area contributed by atoms with Gasteiger partial charge in [-0.1, -0.05) is 12.1 Å². The topological polar surface area (TPSA) is 105 Å². The van der Waals surface area contributed by atoms with E-state index in [0.717, 1.165) is 0 Å². The second-order valence-corrected chi connectivity index (χ2v) is 5.76. The highest BCUT2D eigenvalue weighted by Gasteiger charge is 2.12. The standard InChI is InChI=1S/C14H12O6S/c15-13(16)10-3-1-2-9(6-10)7-21(19)8-11-4-5-12(20-11)14(17)18/h1-6H,7-8H2,(H,15,16)(H,17,18). The van der Waals surface area contributed by atoms with Crippen LogP contribution in [0.3, 0.4) is 0 Å². The van der Waals surface area contributed by atoms with E-state index in [1.54, 1.807) is 12.1 Å². The van der Waals surface area contributed by atoms with E-state index in [4.69, 9.17) is 14.6 Å². The van der Waals surface area contributed by atoms with Gasteiger partial charge in [-0.05, 0) is 29.8 Å². The third-order valence-corrected chi connectivity index (χ3v) is 3.94. The molecule has 0 saturated carbocycles. The van der Waals surface area contributed by atoms with E-state index < -0.39 is 22.7 Å². The van der Waals surface area contributed by atoms with Gasteiger partial charge in [0, 0.05) is 16.6 Å². The van der Waals surface area contributed by atoms with E-state index in [1.165, 1.54) is 24.3 Å². The number of hydrogen-bond donors (Lipinski definition) is 2. The molecule has 1 unspecified atom stereocenters. The number of carbonyl (C=O) groups is 2. The number of rotatable bonds is 6. The molecule has 0 aliphatic rings. The van der Waals surface area contributed by atoms with Gasteiger partial charge in [-0.2, -0.15) is 0 Å². The maximum Gasteiger partial charge on any atom is 0.371 e. The molecule has 1 aromatic heterocycles. The Morgan fingerprint density at radius 2 is 1.81 bits per heavy atom. The first-order valence-electron chi connectivity index (χ1n) is 5.95. The Hall–Kier alpha value is -2.41. The molecule has 21 heavy (non-hydrogen) atoms. The molecule has 0 aliphatic heterocycles. The van der Waals surface area contributed by atoms with Crippen molar-refractivity contribution < 1.29 is 28.4 Å². The summed E-state index contributed by atoms with van der Waals surface area (Å²) in [7, 11) is -1.32. The van der Waals surface area contributed by atoms with E-state index in [1.807, 2.05) is 0 Å². The summed E-state index contributed by atoms with van der Waals surface area (Å²) in [6, 6.07) is 8.97. The molecule has 2 aromatic rings. The monoisotopic (exact) mass is 308 g/mol. The first-order chi connectivity index (χ1) is 9.95. The largest absolute Gasteiger partial charge is 0.478 e. The Morgan fingerprint density at radius 3 is 2.43 bits per heavy atom. The molecule has 0 amide bonds. The van der Waals surface area contributed by atoms with Crippen molar-refractivity contribution in [2.75, 3.05) is 0 Å². The summed E-state index contributed by atoms with van der Waals surface area (Å²) < 4.78 is 17.0. The van der Waals surface area contributed by atoms with Crippen molar-refractivity contribution in [3.8, 4) is 0 Å². The molecule has 1 atom stereocenters. The van der Waals surface area contributed by atoms with Gasteiger partial charge in [0.2, 0.25) is 5.76 Å². The minimum absolute atomic E-state index is 0.0740. The molecule has 0 aliphatic carbocycles. The van der Waals surface area contributed by atoms with Gasteiger partial charge >= 0.3 is 11.9 Å². The number of carboxylic acids is 2. The molecular weight excluding hydrogens is 296 g/mol. The molecule has 2 rings (SSSR count). The van der Waals surface area contributed by atoms with Gasteiger partial charge in [-0.15, -0.1) is 0 Å². The summed E-state index contributed by atoms with van der Waals surface area (Å²) in [6.07, 6.45) is 0. The van der Waals surface area contributed by atoms with E-state index >= 15 is 0 Å². The van der Waals surface area contributed by atoms with Crippen LogP contribution in [0.5, 0.6) is 0 Å². The van der Waals surface area contributed by atoms with E-state index in [-0.39, 0.29) is 22.8 Å². The minimum atomic E-state index is -1.32. The Kier molecular flexibility index (Phi) is 4.54. The molecular formula is C14H12O6S. The van der Waals surface area contributed by atoms with Crippen molar-refractivity contribution in [3.05, 3.63) is 59.0 Å². The molecule has 0 spiro atoms. The molecule has 1 aromatic carbocycles. The highest BCUT2D eigenvalue weighted by Crippen LogP contribution is 2.14. The SMILES string of the molecule is O=C(O)c1cccc(CS(=O)Cc2ccc(C(=O)O)o2)c1. The maximum atomic E-state index is 12.0. The fourth-order valence-electron chi connectivity index (χ4n) is 1.76. The van der Waals surface area contributed by atoms with Gasteiger partial charge in [-0.25, -0.2) is 9.59 Å². The summed E-state index contributed by atoms with van der Waals surface area (Å²) in [5, 5.41) is 17.6. The van der Waals surface area contributed by atoms with Crippen molar-refractivity contribution in [3.63, 3.8) is 0 Å². The third kappa shape index (κ3) is 4.03. The summed E-state index contributed by atoms with van der Waals surface area (Å²) in [6.45, 7) is 0. The highest BCUT2D eigenvalue weighted by atomic mass is 32.2. The molecule has 0 bridgehead atoms. The molecule has 0 fully saturated rings. The number of hydrogen-bond acceptors (Lipinski definition) is 4. The molecule has 0 radical (unpaired) electrons. The zero-order valence-electron chi connectivity index (χ0n) is 10.8. The Balaban J connectivity index is 2.02. The smallest absolute Gasteiger partial charge is 0.371 e. The Morgan fingerprint density at radius 1 is 1.05 bits per heavy atom. The lowest BCUT2D eigenvalue weighted by atomic mass is 10.1. The summed E-state index contributed by atoms with van der Waals surface area (Å²) in [5.74, 6) is -1.86. The van der Waals surface area contributed by atoms with Gasteiger partial charge in [0.05, 0.1) is 11.3 Å². The number of carboxylic acid groups (broad SMARTS) is 2. The molecule has 110 valence electrons. The lowest BCUT2D eigenvalue weighted by Crippen LogP contribution is -2.01. The van der Waals surface area contributed by atoms with Crippen LogP contribution in [0.4, 0.5) is 0 Å². The summed E-state index contributed by atoms with van der Waals surface area (Å²) >= 11 is 0. The van der Waals surface area contributed by atoms with Crippen LogP contribution >= 0.6 is 0 Å². The van der Waals surface area contributed by atoms with Crippen LogP contribution in [0, 0.1) is 0 Å². The van der Waals surface area contributed by atoms with Crippen LogP contribution < -0.4 is 0 Å². The Labute approximate surface area is 122 Å². The van der Waals surface area contributed by atoms with E-state index in [2.05, 4.69) is 0 Å². The first-order valence-corrected chi connectivity index (χ1v) is 7.43. The molecule has 1 heterocycles. The zero-order valence-corrected chi connectivity index (χ0v) is 11.6. The predicted octanol–water partition coefficient (Wildman–Crippen LogP) is 2.12. The van der Waals surface area contributed by atoms with E-state index in [9.17, 15) is 13.8 Å². The van der Waals surface area contributed by atoms with E-state index in [0.29, 0.717) is 11.3 Å². The van der Waals surface area contributed by atoms with Crippen molar-refractivity contribution in [2.24, 2.45) is 0 Å². The summed E-state index contributed by atoms with van der Waals surface area (Å²) in [5.41, 5.74) is 0.772. The third-order valence-electron chi connectivity index (χ3n) is 2.68. The molecule has 2 N–H and O–H groups in total. The fraction of sp³-hybridized carbons (Fsp3) is 0.143. The first kappa shape index (κ1) is 15.0. The average molecular weight is 308 g/mol. The zero-order chi connectivity index (χ0) is 15.4. The van der Waals surface area contributed by atoms with Crippen LogP contribution in [0.2, 0.25) is 0 Å². The Bertz CT molecular complexity index is 703. The van der Waals surface area contributed by atoms with Gasteiger partial charge in [-0.3, -0.25) is 4.21 Å². The van der Waals surface area contributed by atoms with Crippen LogP contribution in [-0.2, 0) is 22.3 Å². The number of benzene rings is 1. The number of furan rings is 1. The quantitative estimate of drug-likeness (QED) is 0.847. The van der Waals surface area contributed by atoms with Crippen LogP contribution in [0.25, 0.3) is 0 Å². The van der Waals surface area contributed by atoms with Crippen molar-refractivity contribution in [2.45, 2.75) is 11.5 Å². The van der Waals surface area contributed by atoms with Crippen LogP contribution in [0.15, 0.2) is 40.8 Å². The molecule has 0 saturated heterocycles. The van der Waals surface area contributed by atoms with Crippen molar-refractivity contribution in [1.82, 2.24) is 0 Å². The maximum absolute atomic E-state index is 12.0. The van der Waals surface area contributed by atoms with Crippen LogP contribution in [-0.4, -0.2) is 26.4 Å². The minimum Gasteiger partial charge on any atom is -0.478 e. The van der Waals surface area contributed by atoms with Crippen molar-refractivity contribution >= 4 is 22.7 Å². The van der Waals surface area contributed by atoms with Gasteiger partial charge in [0.1, 0.15) is 5.76 Å². The number of aromatic carboxylic acids is 2. The second kappa shape index (κ2) is 6.36. The fourth-order valence-corrected chi connectivity index (χ4v) is 2.89. The normalized spacial score (nSPS) is 12.0. The van der Waals surface area contributed by atoms with Crippen LogP contribution in [0.1, 0.15) is 32.2 Å². The highest BCUT2D eigenvalue weighted by molar-refractivity contribution is 7.83.